The molecule has 1 amide bonds. The number of benzene rings is 2. The number of carbonyl (C=O) groups is 2. The van der Waals surface area contributed by atoms with Gasteiger partial charge in [0.25, 0.3) is 0 Å². The van der Waals surface area contributed by atoms with E-state index in [4.69, 9.17) is 23.7 Å². The second-order valence-electron chi connectivity index (χ2n) is 7.12. The summed E-state index contributed by atoms with van der Waals surface area (Å²) >= 11 is 0. The van der Waals surface area contributed by atoms with E-state index in [0.717, 1.165) is 5.41 Å². The highest BCUT2D eigenvalue weighted by Crippen LogP contribution is 2.35. The molecule has 0 saturated carbocycles. The molecule has 0 unspecified atom stereocenters. The first-order valence-electron chi connectivity index (χ1n) is 10.5. The molecule has 0 fully saturated rings. The van der Waals surface area contributed by atoms with Gasteiger partial charge in [0.2, 0.25) is 5.91 Å². The summed E-state index contributed by atoms with van der Waals surface area (Å²) in [7, 11) is 2.07. The van der Waals surface area contributed by atoms with Crippen LogP contribution in [0.2, 0.25) is 0 Å². The highest BCUT2D eigenvalue weighted by atomic mass is 32.2. The van der Waals surface area contributed by atoms with Crippen molar-refractivity contribution in [1.82, 2.24) is 0 Å². The van der Waals surface area contributed by atoms with Crippen molar-refractivity contribution in [2.75, 3.05) is 40.4 Å². The van der Waals surface area contributed by atoms with Crippen LogP contribution in [0.15, 0.2) is 35.7 Å². The zero-order chi connectivity index (χ0) is 26.0. The maximum atomic E-state index is 12.8. The van der Waals surface area contributed by atoms with E-state index in [9.17, 15) is 18.0 Å². The van der Waals surface area contributed by atoms with Crippen LogP contribution >= 0.6 is 0 Å². The highest BCUT2D eigenvalue weighted by Gasteiger charge is 2.17. The van der Waals surface area contributed by atoms with Crippen molar-refractivity contribution in [2.45, 2.75) is 19.1 Å². The van der Waals surface area contributed by atoms with Crippen molar-refractivity contribution in [1.29, 1.82) is 0 Å². The lowest BCUT2D eigenvalue weighted by Gasteiger charge is -2.13. The molecule has 190 valence electrons. The van der Waals surface area contributed by atoms with Crippen LogP contribution in [0.4, 0.5) is 5.69 Å². The Morgan fingerprint density at radius 3 is 2.09 bits per heavy atom. The fraction of sp³-hybridized carbons (Fsp3) is 0.333. The SMILES string of the molecule is CCOC(=O)CC(=O)Nc1cc(CS(=O)(=O)/C=C\c2c(OC)cc(OC)cc2OC)ccc1OC. The molecule has 35 heavy (non-hydrogen) atoms. The Kier molecular flexibility index (Phi) is 9.95. The predicted molar refractivity (Wildman–Crippen MR) is 131 cm³/mol. The maximum absolute atomic E-state index is 12.8. The number of hydrogen-bond donors (Lipinski definition) is 1. The molecule has 2 aromatic carbocycles. The second-order valence-corrected chi connectivity index (χ2v) is 9.01. The first-order chi connectivity index (χ1) is 16.7. The molecule has 10 nitrogen and oxygen atoms in total. The van der Waals surface area contributed by atoms with Gasteiger partial charge in [0, 0.05) is 17.5 Å². The molecule has 0 saturated heterocycles. The molecule has 0 atom stereocenters. The Morgan fingerprint density at radius 2 is 1.54 bits per heavy atom. The zero-order valence-corrected chi connectivity index (χ0v) is 21.1. The van der Waals surface area contributed by atoms with Crippen molar-refractivity contribution < 1.29 is 41.7 Å². The number of rotatable bonds is 12. The Hall–Kier alpha value is -3.73. The fourth-order valence-electron chi connectivity index (χ4n) is 3.13. The second kappa shape index (κ2) is 12.7. The lowest BCUT2D eigenvalue weighted by atomic mass is 10.1. The number of esters is 1. The van der Waals surface area contributed by atoms with Gasteiger partial charge in [0.1, 0.15) is 29.4 Å². The minimum Gasteiger partial charge on any atom is -0.496 e. The van der Waals surface area contributed by atoms with Crippen LogP contribution in [-0.2, 0) is 29.9 Å². The van der Waals surface area contributed by atoms with Gasteiger partial charge in [-0.2, -0.15) is 0 Å². The van der Waals surface area contributed by atoms with E-state index in [-0.39, 0.29) is 18.0 Å². The first kappa shape index (κ1) is 27.5. The molecule has 0 aromatic heterocycles. The maximum Gasteiger partial charge on any atom is 0.315 e. The van der Waals surface area contributed by atoms with Gasteiger partial charge in [0.05, 0.1) is 52.0 Å². The number of amides is 1. The number of methoxy groups -OCH3 is 4. The average molecular weight is 508 g/mol. The third-order valence-corrected chi connectivity index (χ3v) is 6.00. The quantitative estimate of drug-likeness (QED) is 0.340. The zero-order valence-electron chi connectivity index (χ0n) is 20.2. The van der Waals surface area contributed by atoms with Gasteiger partial charge in [0.15, 0.2) is 9.84 Å². The number of nitrogens with one attached hydrogen (secondary N) is 1. The molecular formula is C24H29NO9S. The van der Waals surface area contributed by atoms with Crippen LogP contribution in [0.1, 0.15) is 24.5 Å². The molecular weight excluding hydrogens is 478 g/mol. The summed E-state index contributed by atoms with van der Waals surface area (Å²) < 4.78 is 51.5. The van der Waals surface area contributed by atoms with Gasteiger partial charge in [-0.05, 0) is 30.7 Å². The van der Waals surface area contributed by atoms with E-state index in [0.29, 0.717) is 34.1 Å². The van der Waals surface area contributed by atoms with Crippen LogP contribution in [0, 0.1) is 0 Å². The molecule has 0 aliphatic heterocycles. The molecule has 2 rings (SSSR count). The first-order valence-corrected chi connectivity index (χ1v) is 12.2. The molecule has 11 heteroatoms. The van der Waals surface area contributed by atoms with E-state index < -0.39 is 28.1 Å². The minimum atomic E-state index is -3.74. The largest absolute Gasteiger partial charge is 0.496 e. The Morgan fingerprint density at radius 1 is 0.914 bits per heavy atom. The van der Waals surface area contributed by atoms with E-state index in [1.807, 2.05) is 0 Å². The Bertz CT molecular complexity index is 1160. The molecule has 1 N–H and O–H groups in total. The third kappa shape index (κ3) is 7.92. The summed E-state index contributed by atoms with van der Waals surface area (Å²) in [5.74, 6) is -0.0688. The normalized spacial score (nSPS) is 11.1. The highest BCUT2D eigenvalue weighted by molar-refractivity contribution is 7.93. The van der Waals surface area contributed by atoms with Gasteiger partial charge < -0.3 is 29.0 Å². The third-order valence-electron chi connectivity index (χ3n) is 4.71. The monoisotopic (exact) mass is 507 g/mol. The number of anilines is 1. The van der Waals surface area contributed by atoms with Crippen molar-refractivity contribution in [3.05, 3.63) is 46.9 Å². The number of ether oxygens (including phenoxy) is 5. The standard InChI is InChI=1S/C24H29NO9S/c1-6-34-24(27)14-23(26)25-19-11-16(7-8-20(19)31-3)15-35(28,29)10-9-18-21(32-4)12-17(30-2)13-22(18)33-5/h7-13H,6,14-15H2,1-5H3,(H,25,26)/b10-9-. The summed E-state index contributed by atoms with van der Waals surface area (Å²) in [6.45, 7) is 1.79. The van der Waals surface area contributed by atoms with E-state index >= 15 is 0 Å². The number of carbonyl (C=O) groups excluding carboxylic acids is 2. The van der Waals surface area contributed by atoms with Crippen LogP contribution < -0.4 is 24.3 Å². The summed E-state index contributed by atoms with van der Waals surface area (Å²) in [5, 5.41) is 3.61. The topological polar surface area (TPSA) is 126 Å². The van der Waals surface area contributed by atoms with Gasteiger partial charge >= 0.3 is 5.97 Å². The molecule has 0 bridgehead atoms. The van der Waals surface area contributed by atoms with Crippen molar-refractivity contribution in [3.63, 3.8) is 0 Å². The molecule has 0 aliphatic carbocycles. The van der Waals surface area contributed by atoms with Crippen LogP contribution in [0.5, 0.6) is 23.0 Å². The lowest BCUT2D eigenvalue weighted by molar-refractivity contribution is -0.145. The van der Waals surface area contributed by atoms with Crippen molar-refractivity contribution >= 4 is 33.5 Å². The molecule has 0 radical (unpaired) electrons. The summed E-state index contributed by atoms with van der Waals surface area (Å²) in [5.41, 5.74) is 1.06. The predicted octanol–water partition coefficient (Wildman–Crippen LogP) is 3.20. The van der Waals surface area contributed by atoms with Gasteiger partial charge in [-0.15, -0.1) is 0 Å². The van der Waals surface area contributed by atoms with Crippen molar-refractivity contribution in [2.24, 2.45) is 0 Å². The summed E-state index contributed by atoms with van der Waals surface area (Å²) in [6.07, 6.45) is 0.909. The molecule has 0 heterocycles. The van der Waals surface area contributed by atoms with E-state index in [1.165, 1.54) is 46.6 Å². The average Bonchev–Trinajstić information content (AvgIpc) is 2.82. The molecule has 2 aromatic rings. The summed E-state index contributed by atoms with van der Waals surface area (Å²) in [4.78, 5) is 23.7. The fourth-order valence-corrected chi connectivity index (χ4v) is 4.21. The summed E-state index contributed by atoms with van der Waals surface area (Å²) in [6, 6.07) is 7.80. The van der Waals surface area contributed by atoms with Crippen molar-refractivity contribution in [3.8, 4) is 23.0 Å². The van der Waals surface area contributed by atoms with Crippen LogP contribution in [-0.4, -0.2) is 55.3 Å². The van der Waals surface area contributed by atoms with Gasteiger partial charge in [-0.25, -0.2) is 8.42 Å². The van der Waals surface area contributed by atoms with Crippen LogP contribution in [0.3, 0.4) is 0 Å². The van der Waals surface area contributed by atoms with Gasteiger partial charge in [-0.3, -0.25) is 9.59 Å². The number of hydrogen-bond acceptors (Lipinski definition) is 9. The minimum absolute atomic E-state index is 0.157. The number of sulfone groups is 1. The van der Waals surface area contributed by atoms with E-state index in [1.54, 1.807) is 25.1 Å². The lowest BCUT2D eigenvalue weighted by Crippen LogP contribution is -2.18. The van der Waals surface area contributed by atoms with Gasteiger partial charge in [-0.1, -0.05) is 6.07 Å². The van der Waals surface area contributed by atoms with E-state index in [2.05, 4.69) is 5.32 Å². The Labute approximate surface area is 204 Å². The smallest absolute Gasteiger partial charge is 0.315 e. The molecule has 0 aliphatic rings. The van der Waals surface area contributed by atoms with Crippen LogP contribution in [0.25, 0.3) is 6.08 Å². The molecule has 0 spiro atoms. The Balaban J connectivity index is 2.26.